The van der Waals surface area contributed by atoms with E-state index < -0.39 is 0 Å². The Hall–Kier alpha value is -0.790. The van der Waals surface area contributed by atoms with Crippen molar-refractivity contribution in [1.82, 2.24) is 0 Å². The summed E-state index contributed by atoms with van der Waals surface area (Å²) in [6.45, 7) is 12.7. The minimum atomic E-state index is 0.0564. The third-order valence-corrected chi connectivity index (χ3v) is 3.61. The topological polar surface area (TPSA) is 37.3 Å². The van der Waals surface area contributed by atoms with Crippen LogP contribution in [0.5, 0.6) is 0 Å². The molecule has 0 aliphatic carbocycles. The molecule has 0 saturated carbocycles. The molecular weight excluding hydrogens is 236 g/mol. The first kappa shape index (κ1) is 18.2. The molecule has 0 aromatic carbocycles. The fourth-order valence-electron chi connectivity index (χ4n) is 2.55. The minimum Gasteiger partial charge on any atom is -0.512 e. The maximum absolute atomic E-state index is 12.1. The van der Waals surface area contributed by atoms with Gasteiger partial charge in [0.15, 0.2) is 5.78 Å². The lowest BCUT2D eigenvalue weighted by atomic mass is 9.86. The molecule has 0 saturated heterocycles. The van der Waals surface area contributed by atoms with Gasteiger partial charge in [-0.3, -0.25) is 4.79 Å². The first-order chi connectivity index (χ1) is 8.81. The molecular formula is C17H32O2. The van der Waals surface area contributed by atoms with E-state index in [2.05, 4.69) is 27.7 Å². The van der Waals surface area contributed by atoms with Gasteiger partial charge in [-0.05, 0) is 37.5 Å². The Balaban J connectivity index is 4.85. The van der Waals surface area contributed by atoms with Crippen molar-refractivity contribution in [2.75, 3.05) is 0 Å². The number of ketones is 1. The third-order valence-electron chi connectivity index (χ3n) is 3.61. The van der Waals surface area contributed by atoms with Crippen molar-refractivity contribution in [1.29, 1.82) is 0 Å². The van der Waals surface area contributed by atoms with Gasteiger partial charge in [-0.15, -0.1) is 0 Å². The molecule has 0 rings (SSSR count). The number of aliphatic hydroxyl groups excluding tert-OH is 1. The van der Waals surface area contributed by atoms with Crippen molar-refractivity contribution < 1.29 is 9.90 Å². The van der Waals surface area contributed by atoms with Gasteiger partial charge in [0.25, 0.3) is 0 Å². The van der Waals surface area contributed by atoms with Crippen LogP contribution in [0.3, 0.4) is 0 Å². The molecule has 112 valence electrons. The highest BCUT2D eigenvalue weighted by Gasteiger charge is 2.20. The summed E-state index contributed by atoms with van der Waals surface area (Å²) in [6, 6.07) is 0. The highest BCUT2D eigenvalue weighted by atomic mass is 16.3. The third kappa shape index (κ3) is 7.39. The number of carbonyl (C=O) groups excluding carboxylic acids is 1. The van der Waals surface area contributed by atoms with Gasteiger partial charge in [0, 0.05) is 17.9 Å². The first-order valence-electron chi connectivity index (χ1n) is 7.76. The molecule has 0 atom stereocenters. The fourth-order valence-corrected chi connectivity index (χ4v) is 2.55. The van der Waals surface area contributed by atoms with Crippen LogP contribution in [0.2, 0.25) is 0 Å². The van der Waals surface area contributed by atoms with Crippen molar-refractivity contribution in [3.8, 4) is 0 Å². The summed E-state index contributed by atoms with van der Waals surface area (Å²) in [5.74, 6) is 1.61. The number of hydrogen-bond acceptors (Lipinski definition) is 2. The normalized spacial score (nSPS) is 13.1. The summed E-state index contributed by atoms with van der Waals surface area (Å²) < 4.78 is 0. The molecule has 0 spiro atoms. The van der Waals surface area contributed by atoms with Gasteiger partial charge >= 0.3 is 0 Å². The second-order valence-electron chi connectivity index (χ2n) is 6.44. The summed E-state index contributed by atoms with van der Waals surface area (Å²) in [5, 5.41) is 10.3. The van der Waals surface area contributed by atoms with E-state index in [1.165, 1.54) is 6.08 Å². The Morgan fingerprint density at radius 3 is 1.68 bits per heavy atom. The smallest absolute Gasteiger partial charge is 0.162 e. The van der Waals surface area contributed by atoms with E-state index in [9.17, 15) is 9.90 Å². The monoisotopic (exact) mass is 268 g/mol. The zero-order chi connectivity index (χ0) is 15.0. The molecule has 0 aliphatic rings. The predicted molar refractivity (Wildman–Crippen MR) is 82.2 cm³/mol. The first-order valence-corrected chi connectivity index (χ1v) is 7.76. The maximum Gasteiger partial charge on any atom is 0.162 e. The average molecular weight is 268 g/mol. The number of allylic oxidation sites excluding steroid dienone is 2. The maximum atomic E-state index is 12.1. The van der Waals surface area contributed by atoms with E-state index in [1.807, 2.05) is 13.8 Å². The zero-order valence-electron chi connectivity index (χ0n) is 13.6. The van der Waals surface area contributed by atoms with Crippen molar-refractivity contribution in [2.45, 2.75) is 67.2 Å². The largest absolute Gasteiger partial charge is 0.512 e. The number of carbonyl (C=O) groups is 1. The van der Waals surface area contributed by atoms with Gasteiger partial charge in [0.1, 0.15) is 0 Å². The molecule has 0 aromatic heterocycles. The second kappa shape index (κ2) is 9.17. The molecule has 0 radical (unpaired) electrons. The lowest BCUT2D eigenvalue weighted by Gasteiger charge is -2.21. The lowest BCUT2D eigenvalue weighted by Crippen LogP contribution is -2.15. The van der Waals surface area contributed by atoms with Crippen molar-refractivity contribution in [2.24, 2.45) is 23.7 Å². The van der Waals surface area contributed by atoms with Gasteiger partial charge in [0.2, 0.25) is 0 Å². The number of aliphatic hydroxyl groups is 1. The van der Waals surface area contributed by atoms with Crippen molar-refractivity contribution in [3.05, 3.63) is 11.8 Å². The van der Waals surface area contributed by atoms with E-state index in [1.54, 1.807) is 0 Å². The minimum absolute atomic E-state index is 0.0564. The van der Waals surface area contributed by atoms with Crippen molar-refractivity contribution >= 4 is 5.78 Å². The van der Waals surface area contributed by atoms with Crippen LogP contribution in [0, 0.1) is 23.7 Å². The van der Waals surface area contributed by atoms with Gasteiger partial charge in [-0.2, -0.15) is 0 Å². The van der Waals surface area contributed by atoms with Gasteiger partial charge in [0.05, 0.1) is 5.76 Å². The van der Waals surface area contributed by atoms with Crippen LogP contribution in [-0.4, -0.2) is 10.9 Å². The van der Waals surface area contributed by atoms with Crippen LogP contribution in [-0.2, 0) is 4.79 Å². The molecule has 19 heavy (non-hydrogen) atoms. The van der Waals surface area contributed by atoms with E-state index in [0.717, 1.165) is 25.7 Å². The molecule has 0 fully saturated rings. The number of rotatable bonds is 9. The van der Waals surface area contributed by atoms with Crippen LogP contribution in [0.4, 0.5) is 0 Å². The van der Waals surface area contributed by atoms with Crippen LogP contribution in [0.25, 0.3) is 0 Å². The van der Waals surface area contributed by atoms with Gasteiger partial charge in [-0.25, -0.2) is 0 Å². The highest BCUT2D eigenvalue weighted by Crippen LogP contribution is 2.26. The zero-order valence-corrected chi connectivity index (χ0v) is 13.6. The van der Waals surface area contributed by atoms with Crippen LogP contribution < -0.4 is 0 Å². The molecule has 0 heterocycles. The van der Waals surface area contributed by atoms with E-state index in [0.29, 0.717) is 17.6 Å². The van der Waals surface area contributed by atoms with Gasteiger partial charge < -0.3 is 5.11 Å². The number of hydrogen-bond donors (Lipinski definition) is 1. The summed E-state index contributed by atoms with van der Waals surface area (Å²) in [4.78, 5) is 12.1. The van der Waals surface area contributed by atoms with Crippen LogP contribution in [0.1, 0.15) is 67.2 Å². The lowest BCUT2D eigenvalue weighted by molar-refractivity contribution is -0.118. The van der Waals surface area contributed by atoms with E-state index >= 15 is 0 Å². The van der Waals surface area contributed by atoms with E-state index in [-0.39, 0.29) is 17.6 Å². The quantitative estimate of drug-likeness (QED) is 0.464. The Morgan fingerprint density at radius 1 is 0.947 bits per heavy atom. The van der Waals surface area contributed by atoms with E-state index in [4.69, 9.17) is 0 Å². The Labute approximate surface area is 119 Å². The van der Waals surface area contributed by atoms with Crippen molar-refractivity contribution in [3.63, 3.8) is 0 Å². The summed E-state index contributed by atoms with van der Waals surface area (Å²) >= 11 is 0. The fraction of sp³-hybridized carbons (Fsp3) is 0.824. The highest BCUT2D eigenvalue weighted by molar-refractivity contribution is 5.92. The Morgan fingerprint density at radius 2 is 1.37 bits per heavy atom. The molecule has 0 amide bonds. The predicted octanol–water partition coefficient (Wildman–Crippen LogP) is 5.14. The van der Waals surface area contributed by atoms with Crippen LogP contribution >= 0.6 is 0 Å². The Bertz CT molecular complexity index is 276. The molecule has 2 nitrogen and oxygen atoms in total. The summed E-state index contributed by atoms with van der Waals surface area (Å²) in [6.07, 6.45) is 5.07. The van der Waals surface area contributed by atoms with Gasteiger partial charge in [-0.1, -0.05) is 41.5 Å². The molecule has 0 aliphatic heterocycles. The summed E-state index contributed by atoms with van der Waals surface area (Å²) in [5.41, 5.74) is 0. The average Bonchev–Trinajstić information content (AvgIpc) is 2.28. The van der Waals surface area contributed by atoms with Crippen LogP contribution in [0.15, 0.2) is 11.8 Å². The molecule has 0 bridgehead atoms. The summed E-state index contributed by atoms with van der Waals surface area (Å²) in [7, 11) is 0. The molecule has 2 heteroatoms. The second-order valence-corrected chi connectivity index (χ2v) is 6.44. The molecule has 1 N–H and O–H groups in total. The standard InChI is InChI=1S/C17H32O2/c1-7-14(8-2)16(18)11-17(19)15(9-12(3)4)10-13(5)6/h11-15,19H,7-10H2,1-6H3. The molecule has 0 aromatic rings. The SMILES string of the molecule is CCC(CC)C(=O)C=C(O)C(CC(C)C)CC(C)C. The Kier molecular flexibility index (Phi) is 8.79. The molecule has 0 unspecified atom stereocenters.